The highest BCUT2D eigenvalue weighted by Crippen LogP contribution is 2.33. The van der Waals surface area contributed by atoms with Gasteiger partial charge in [0, 0.05) is 32.2 Å². The minimum atomic E-state index is -4.41. The summed E-state index contributed by atoms with van der Waals surface area (Å²) in [7, 11) is 0. The van der Waals surface area contributed by atoms with Gasteiger partial charge in [0.15, 0.2) is 5.16 Å². The largest absolute Gasteiger partial charge is 0.416 e. The third-order valence-electron chi connectivity index (χ3n) is 5.15. The molecule has 2 heterocycles. The van der Waals surface area contributed by atoms with Gasteiger partial charge in [-0.3, -0.25) is 9.69 Å². The fourth-order valence-electron chi connectivity index (χ4n) is 3.59. The lowest BCUT2D eigenvalue weighted by molar-refractivity contribution is -0.137. The lowest BCUT2D eigenvalue weighted by atomic mass is 10.2. The predicted octanol–water partition coefficient (Wildman–Crippen LogP) is 3.78. The summed E-state index contributed by atoms with van der Waals surface area (Å²) in [4.78, 5) is 19.1. The van der Waals surface area contributed by atoms with Crippen LogP contribution in [0.5, 0.6) is 0 Å². The number of ether oxygens (including phenoxy) is 1. The summed E-state index contributed by atoms with van der Waals surface area (Å²) in [5, 5.41) is 3.56. The molecule has 6 nitrogen and oxygen atoms in total. The maximum Gasteiger partial charge on any atom is 0.416 e. The molecule has 1 aromatic heterocycles. The highest BCUT2D eigenvalue weighted by Gasteiger charge is 2.31. The molecule has 2 aromatic rings. The van der Waals surface area contributed by atoms with Crippen molar-refractivity contribution in [3.8, 4) is 0 Å². The molecule has 1 atom stereocenters. The van der Waals surface area contributed by atoms with Crippen LogP contribution >= 0.6 is 11.8 Å². The van der Waals surface area contributed by atoms with Crippen molar-refractivity contribution in [1.29, 1.82) is 0 Å². The summed E-state index contributed by atoms with van der Waals surface area (Å²) in [6, 6.07) is 3.63. The van der Waals surface area contributed by atoms with E-state index in [1.165, 1.54) is 17.8 Å². The Labute approximate surface area is 184 Å². The molecule has 1 N–H and O–H groups in total. The molecule has 31 heavy (non-hydrogen) atoms. The third kappa shape index (κ3) is 6.60. The maximum absolute atomic E-state index is 13.1. The molecule has 1 fully saturated rings. The smallest absolute Gasteiger partial charge is 0.379 e. The van der Waals surface area contributed by atoms with Gasteiger partial charge in [0.1, 0.15) is 0 Å². The van der Waals surface area contributed by atoms with Gasteiger partial charge in [-0.25, -0.2) is 4.98 Å². The van der Waals surface area contributed by atoms with Crippen LogP contribution in [0, 0.1) is 0 Å². The topological polar surface area (TPSA) is 59.4 Å². The van der Waals surface area contributed by atoms with Crippen molar-refractivity contribution in [3.05, 3.63) is 23.8 Å². The molecule has 1 amide bonds. The first-order valence-corrected chi connectivity index (χ1v) is 11.6. The highest BCUT2D eigenvalue weighted by atomic mass is 32.2. The number of amides is 1. The Morgan fingerprint density at radius 2 is 2.06 bits per heavy atom. The van der Waals surface area contributed by atoms with E-state index in [1.807, 2.05) is 11.5 Å². The minimum absolute atomic E-state index is 0.000507. The number of unbranched alkanes of at least 4 members (excludes halogenated alkanes) is 1. The van der Waals surface area contributed by atoms with Gasteiger partial charge in [-0.2, -0.15) is 13.2 Å². The molecule has 1 saturated heterocycles. The van der Waals surface area contributed by atoms with Gasteiger partial charge in [0.2, 0.25) is 5.91 Å². The van der Waals surface area contributed by atoms with Gasteiger partial charge < -0.3 is 14.6 Å². The van der Waals surface area contributed by atoms with E-state index in [0.717, 1.165) is 44.6 Å². The molecule has 172 valence electrons. The average molecular weight is 459 g/mol. The number of thioether (sulfide) groups is 1. The Morgan fingerprint density at radius 1 is 1.32 bits per heavy atom. The third-order valence-corrected chi connectivity index (χ3v) is 6.13. The van der Waals surface area contributed by atoms with Crippen LogP contribution in [0.1, 0.15) is 32.3 Å². The quantitative estimate of drug-likeness (QED) is 0.580. The number of fused-ring (bicyclic) bond motifs is 1. The fraction of sp³-hybridized carbons (Fsp3) is 0.619. The Kier molecular flexibility index (Phi) is 8.23. The zero-order valence-corrected chi connectivity index (χ0v) is 18.7. The molecule has 0 spiro atoms. The van der Waals surface area contributed by atoms with Gasteiger partial charge in [-0.1, -0.05) is 25.1 Å². The summed E-state index contributed by atoms with van der Waals surface area (Å²) in [6.45, 7) is 8.56. The molecule has 0 bridgehead atoms. The summed E-state index contributed by atoms with van der Waals surface area (Å²) in [6.07, 6.45) is -2.59. The van der Waals surface area contributed by atoms with Crippen molar-refractivity contribution in [2.75, 3.05) is 38.6 Å². The van der Waals surface area contributed by atoms with E-state index < -0.39 is 11.7 Å². The second-order valence-electron chi connectivity index (χ2n) is 7.77. The maximum atomic E-state index is 13.1. The molecule has 0 saturated carbocycles. The Balaban J connectivity index is 1.65. The number of carbonyl (C=O) groups is 1. The minimum Gasteiger partial charge on any atom is -0.379 e. The SMILES string of the molecule is CCCCn1c(SCC(=O)NC(C)CN2CCOCC2)nc2cc(C(F)(F)F)ccc21. The zero-order valence-electron chi connectivity index (χ0n) is 17.9. The second kappa shape index (κ2) is 10.7. The normalized spacial score (nSPS) is 16.5. The summed E-state index contributed by atoms with van der Waals surface area (Å²) < 4.78 is 46.4. The van der Waals surface area contributed by atoms with Crippen LogP contribution in [0.25, 0.3) is 11.0 Å². The summed E-state index contributed by atoms with van der Waals surface area (Å²) >= 11 is 1.26. The van der Waals surface area contributed by atoms with E-state index in [-0.39, 0.29) is 17.7 Å². The van der Waals surface area contributed by atoms with Gasteiger partial charge in [0.05, 0.1) is 35.6 Å². The number of imidazole rings is 1. The van der Waals surface area contributed by atoms with Crippen LogP contribution in [-0.4, -0.2) is 65.0 Å². The Morgan fingerprint density at radius 3 is 2.74 bits per heavy atom. The van der Waals surface area contributed by atoms with Crippen LogP contribution in [0.15, 0.2) is 23.4 Å². The second-order valence-corrected chi connectivity index (χ2v) is 8.71. The number of aryl methyl sites for hydroxylation is 1. The van der Waals surface area contributed by atoms with E-state index in [4.69, 9.17) is 4.74 Å². The van der Waals surface area contributed by atoms with Crippen LogP contribution in [0.2, 0.25) is 0 Å². The number of morpholine rings is 1. The summed E-state index contributed by atoms with van der Waals surface area (Å²) in [5.74, 6) is 0.0468. The molecule has 0 aliphatic carbocycles. The molecular weight excluding hydrogens is 429 g/mol. The molecule has 3 rings (SSSR count). The number of nitrogens with zero attached hydrogens (tertiary/aromatic N) is 3. The monoisotopic (exact) mass is 458 g/mol. The molecule has 1 unspecified atom stereocenters. The molecule has 0 radical (unpaired) electrons. The number of alkyl halides is 3. The van der Waals surface area contributed by atoms with E-state index >= 15 is 0 Å². The number of hydrogen-bond acceptors (Lipinski definition) is 5. The number of halogens is 3. The van der Waals surface area contributed by atoms with Crippen molar-refractivity contribution < 1.29 is 22.7 Å². The zero-order chi connectivity index (χ0) is 22.4. The molecular formula is C21H29F3N4O2S. The van der Waals surface area contributed by atoms with E-state index in [0.29, 0.717) is 35.9 Å². The lowest BCUT2D eigenvalue weighted by Gasteiger charge is -2.29. The number of nitrogens with one attached hydrogen (secondary N) is 1. The highest BCUT2D eigenvalue weighted by molar-refractivity contribution is 7.99. The molecule has 10 heteroatoms. The van der Waals surface area contributed by atoms with Crippen LogP contribution in [0.4, 0.5) is 13.2 Å². The van der Waals surface area contributed by atoms with Crippen molar-refractivity contribution in [1.82, 2.24) is 19.8 Å². The van der Waals surface area contributed by atoms with Gasteiger partial charge >= 0.3 is 6.18 Å². The number of hydrogen-bond donors (Lipinski definition) is 1. The van der Waals surface area contributed by atoms with Gasteiger partial charge in [0.25, 0.3) is 0 Å². The molecule has 1 aromatic carbocycles. The van der Waals surface area contributed by atoms with E-state index in [2.05, 4.69) is 22.1 Å². The van der Waals surface area contributed by atoms with Crippen molar-refractivity contribution in [2.24, 2.45) is 0 Å². The number of rotatable bonds is 9. The number of carbonyl (C=O) groups excluding carboxylic acids is 1. The van der Waals surface area contributed by atoms with Crippen LogP contribution in [-0.2, 0) is 22.3 Å². The van der Waals surface area contributed by atoms with Crippen molar-refractivity contribution in [2.45, 2.75) is 50.6 Å². The van der Waals surface area contributed by atoms with Gasteiger partial charge in [-0.05, 0) is 31.5 Å². The first-order chi connectivity index (χ1) is 14.8. The number of aromatic nitrogens is 2. The van der Waals surface area contributed by atoms with Gasteiger partial charge in [-0.15, -0.1) is 0 Å². The van der Waals surface area contributed by atoms with Crippen LogP contribution < -0.4 is 5.32 Å². The predicted molar refractivity (Wildman–Crippen MR) is 115 cm³/mol. The first kappa shape index (κ1) is 23.9. The Hall–Kier alpha value is -1.78. The Bertz CT molecular complexity index is 881. The van der Waals surface area contributed by atoms with E-state index in [1.54, 1.807) is 0 Å². The number of benzene rings is 1. The standard InChI is InChI=1S/C21H29F3N4O2S/c1-3-4-7-28-18-6-5-16(21(22,23)24)12-17(18)26-20(28)31-14-19(29)25-15(2)13-27-8-10-30-11-9-27/h5-6,12,15H,3-4,7-11,13-14H2,1-2H3,(H,25,29). The fourth-order valence-corrected chi connectivity index (χ4v) is 4.44. The molecule has 1 aliphatic rings. The average Bonchev–Trinajstić information content (AvgIpc) is 3.07. The first-order valence-electron chi connectivity index (χ1n) is 10.6. The summed E-state index contributed by atoms with van der Waals surface area (Å²) in [5.41, 5.74) is 0.242. The van der Waals surface area contributed by atoms with Crippen molar-refractivity contribution >= 4 is 28.7 Å². The van der Waals surface area contributed by atoms with Crippen molar-refractivity contribution in [3.63, 3.8) is 0 Å². The lowest BCUT2D eigenvalue weighted by Crippen LogP contribution is -2.46. The molecule has 1 aliphatic heterocycles. The van der Waals surface area contributed by atoms with E-state index in [9.17, 15) is 18.0 Å². The van der Waals surface area contributed by atoms with Crippen LogP contribution in [0.3, 0.4) is 0 Å².